The van der Waals surface area contributed by atoms with Crippen LogP contribution in [0.15, 0.2) is 35.5 Å². The Morgan fingerprint density at radius 3 is 2.83 bits per heavy atom. The molecule has 0 unspecified atom stereocenters. The van der Waals surface area contributed by atoms with Gasteiger partial charge in [-0.1, -0.05) is 42.4 Å². The van der Waals surface area contributed by atoms with Crippen molar-refractivity contribution in [3.8, 4) is 0 Å². The Balaban J connectivity index is 1.90. The minimum absolute atomic E-state index is 0.0271. The second kappa shape index (κ2) is 5.67. The summed E-state index contributed by atoms with van der Waals surface area (Å²) in [7, 11) is 1.80. The number of nitrogens with zero attached hydrogens (tertiary/aromatic N) is 2. The predicted octanol–water partition coefficient (Wildman–Crippen LogP) is 2.05. The summed E-state index contributed by atoms with van der Waals surface area (Å²) in [5, 5.41) is 4.10. The normalized spacial score (nSPS) is 18.1. The Kier molecular flexibility index (Phi) is 3.97. The molecule has 4 heteroatoms. The van der Waals surface area contributed by atoms with Crippen LogP contribution >= 0.6 is 0 Å². The zero-order valence-corrected chi connectivity index (χ0v) is 10.8. The lowest BCUT2D eigenvalue weighted by Crippen LogP contribution is -2.34. The number of oxime groups is 1. The molecule has 0 spiro atoms. The third-order valence-corrected chi connectivity index (χ3v) is 3.05. The maximum absolute atomic E-state index is 11.5. The van der Waals surface area contributed by atoms with Crippen molar-refractivity contribution in [1.82, 2.24) is 4.90 Å². The van der Waals surface area contributed by atoms with Gasteiger partial charge in [0.1, 0.15) is 0 Å². The van der Waals surface area contributed by atoms with E-state index >= 15 is 0 Å². The lowest BCUT2D eigenvalue weighted by molar-refractivity contribution is -0.131. The predicted molar refractivity (Wildman–Crippen MR) is 70.4 cm³/mol. The Hall–Kier alpha value is -1.84. The van der Waals surface area contributed by atoms with Crippen LogP contribution in [0.2, 0.25) is 0 Å². The summed E-state index contributed by atoms with van der Waals surface area (Å²) < 4.78 is 0. The van der Waals surface area contributed by atoms with Gasteiger partial charge in [0.25, 0.3) is 0 Å². The van der Waals surface area contributed by atoms with E-state index in [4.69, 9.17) is 4.84 Å². The molecule has 0 saturated heterocycles. The molecule has 0 radical (unpaired) electrons. The molecule has 2 rings (SSSR count). The van der Waals surface area contributed by atoms with E-state index in [0.717, 1.165) is 17.7 Å². The monoisotopic (exact) mass is 246 g/mol. The fourth-order valence-corrected chi connectivity index (χ4v) is 2.00. The van der Waals surface area contributed by atoms with Crippen LogP contribution in [-0.4, -0.2) is 36.2 Å². The molecule has 1 amide bonds. The van der Waals surface area contributed by atoms with E-state index in [0.29, 0.717) is 13.0 Å². The van der Waals surface area contributed by atoms with E-state index in [-0.39, 0.29) is 12.0 Å². The summed E-state index contributed by atoms with van der Waals surface area (Å²) in [6.07, 6.45) is 1.25. The van der Waals surface area contributed by atoms with Gasteiger partial charge in [0, 0.05) is 19.9 Å². The molecular weight excluding hydrogens is 228 g/mol. The van der Waals surface area contributed by atoms with E-state index in [1.807, 2.05) is 37.3 Å². The Morgan fingerprint density at radius 1 is 1.44 bits per heavy atom. The molecule has 1 aliphatic rings. The van der Waals surface area contributed by atoms with Gasteiger partial charge in [0.05, 0.1) is 12.3 Å². The summed E-state index contributed by atoms with van der Waals surface area (Å²) in [4.78, 5) is 18.6. The van der Waals surface area contributed by atoms with Crippen molar-refractivity contribution < 1.29 is 9.63 Å². The van der Waals surface area contributed by atoms with Gasteiger partial charge < -0.3 is 9.74 Å². The second-order valence-electron chi connectivity index (χ2n) is 4.46. The molecule has 96 valence electrons. The van der Waals surface area contributed by atoms with E-state index in [1.54, 1.807) is 11.9 Å². The quantitative estimate of drug-likeness (QED) is 0.816. The van der Waals surface area contributed by atoms with Crippen LogP contribution in [-0.2, 0) is 9.63 Å². The minimum atomic E-state index is -0.0271. The van der Waals surface area contributed by atoms with Gasteiger partial charge in [0.2, 0.25) is 5.91 Å². The number of rotatable bonds is 4. The first-order chi connectivity index (χ1) is 8.70. The fraction of sp³-hybridized carbons (Fsp3) is 0.429. The molecule has 0 aromatic heterocycles. The molecule has 1 heterocycles. The van der Waals surface area contributed by atoms with Crippen molar-refractivity contribution in [3.63, 3.8) is 0 Å². The van der Waals surface area contributed by atoms with Crippen LogP contribution in [0.4, 0.5) is 0 Å². The standard InChI is InChI=1S/C14H18N2O2/c1-3-14(17)16(2)10-12-9-13(15-18-12)11-7-5-4-6-8-11/h4-8,12H,3,9-10H2,1-2H3/t12-/m0/s1. The fourth-order valence-electron chi connectivity index (χ4n) is 2.00. The lowest BCUT2D eigenvalue weighted by Gasteiger charge is -2.19. The summed E-state index contributed by atoms with van der Waals surface area (Å²) in [5.74, 6) is 0.131. The van der Waals surface area contributed by atoms with Gasteiger partial charge in [-0.2, -0.15) is 0 Å². The summed E-state index contributed by atoms with van der Waals surface area (Å²) in [6, 6.07) is 9.98. The van der Waals surface area contributed by atoms with E-state index in [2.05, 4.69) is 5.16 Å². The first-order valence-electron chi connectivity index (χ1n) is 6.22. The Bertz CT molecular complexity index is 442. The van der Waals surface area contributed by atoms with Gasteiger partial charge in [-0.05, 0) is 5.56 Å². The average Bonchev–Trinajstić information content (AvgIpc) is 2.87. The maximum Gasteiger partial charge on any atom is 0.222 e. The number of hydrogen-bond donors (Lipinski definition) is 0. The molecule has 0 N–H and O–H groups in total. The van der Waals surface area contributed by atoms with Crippen molar-refractivity contribution >= 4 is 11.6 Å². The molecule has 1 atom stereocenters. The third-order valence-electron chi connectivity index (χ3n) is 3.05. The highest BCUT2D eigenvalue weighted by atomic mass is 16.6. The van der Waals surface area contributed by atoms with Crippen molar-refractivity contribution in [1.29, 1.82) is 0 Å². The zero-order valence-electron chi connectivity index (χ0n) is 10.8. The van der Waals surface area contributed by atoms with Gasteiger partial charge in [-0.15, -0.1) is 0 Å². The molecule has 0 aliphatic carbocycles. The zero-order chi connectivity index (χ0) is 13.0. The number of carbonyl (C=O) groups excluding carboxylic acids is 1. The molecule has 0 bridgehead atoms. The second-order valence-corrected chi connectivity index (χ2v) is 4.46. The number of amides is 1. The van der Waals surface area contributed by atoms with E-state index < -0.39 is 0 Å². The van der Waals surface area contributed by atoms with Crippen molar-refractivity contribution in [3.05, 3.63) is 35.9 Å². The summed E-state index contributed by atoms with van der Waals surface area (Å²) >= 11 is 0. The first kappa shape index (κ1) is 12.6. The van der Waals surface area contributed by atoms with Crippen LogP contribution < -0.4 is 0 Å². The molecule has 1 aliphatic heterocycles. The molecule has 4 nitrogen and oxygen atoms in total. The molecule has 1 aromatic carbocycles. The van der Waals surface area contributed by atoms with Crippen molar-refractivity contribution in [2.45, 2.75) is 25.9 Å². The topological polar surface area (TPSA) is 41.9 Å². The van der Waals surface area contributed by atoms with Crippen molar-refractivity contribution in [2.24, 2.45) is 5.16 Å². The highest BCUT2D eigenvalue weighted by Crippen LogP contribution is 2.17. The molecule has 0 saturated carbocycles. The van der Waals surface area contributed by atoms with Crippen molar-refractivity contribution in [2.75, 3.05) is 13.6 Å². The Morgan fingerprint density at radius 2 is 2.17 bits per heavy atom. The summed E-state index contributed by atoms with van der Waals surface area (Å²) in [5.41, 5.74) is 2.04. The van der Waals surface area contributed by atoms with Gasteiger partial charge in [-0.3, -0.25) is 4.79 Å². The number of benzene rings is 1. The van der Waals surface area contributed by atoms with E-state index in [1.165, 1.54) is 0 Å². The van der Waals surface area contributed by atoms with Gasteiger partial charge in [0.15, 0.2) is 6.10 Å². The minimum Gasteiger partial charge on any atom is -0.390 e. The van der Waals surface area contributed by atoms with Crippen LogP contribution in [0.25, 0.3) is 0 Å². The molecular formula is C14H18N2O2. The number of likely N-dealkylation sites (N-methyl/N-ethyl adjacent to an activating group) is 1. The molecule has 0 fully saturated rings. The summed E-state index contributed by atoms with van der Waals surface area (Å²) in [6.45, 7) is 2.45. The first-order valence-corrected chi connectivity index (χ1v) is 6.22. The highest BCUT2D eigenvalue weighted by Gasteiger charge is 2.24. The Labute approximate surface area is 107 Å². The third kappa shape index (κ3) is 2.88. The van der Waals surface area contributed by atoms with E-state index in [9.17, 15) is 4.79 Å². The number of carbonyl (C=O) groups is 1. The largest absolute Gasteiger partial charge is 0.390 e. The number of hydrogen-bond acceptors (Lipinski definition) is 3. The van der Waals surface area contributed by atoms with Crippen LogP contribution in [0, 0.1) is 0 Å². The maximum atomic E-state index is 11.5. The van der Waals surface area contributed by atoms with Gasteiger partial charge >= 0.3 is 0 Å². The van der Waals surface area contributed by atoms with Crippen LogP contribution in [0.3, 0.4) is 0 Å². The smallest absolute Gasteiger partial charge is 0.222 e. The average molecular weight is 246 g/mol. The highest BCUT2D eigenvalue weighted by molar-refractivity contribution is 6.01. The molecule has 1 aromatic rings. The lowest BCUT2D eigenvalue weighted by atomic mass is 10.1. The van der Waals surface area contributed by atoms with Gasteiger partial charge in [-0.25, -0.2) is 0 Å². The SMILES string of the molecule is CCC(=O)N(C)C[C@@H]1CC(c2ccccc2)=NO1. The van der Waals surface area contributed by atoms with Crippen LogP contribution in [0.5, 0.6) is 0 Å². The van der Waals surface area contributed by atoms with Crippen LogP contribution in [0.1, 0.15) is 25.3 Å². The molecule has 18 heavy (non-hydrogen) atoms.